The quantitative estimate of drug-likeness (QED) is 0.190. The van der Waals surface area contributed by atoms with Crippen LogP contribution in [0.1, 0.15) is 11.1 Å². The van der Waals surface area contributed by atoms with Gasteiger partial charge < -0.3 is 9.13 Å². The lowest BCUT2D eigenvalue weighted by Crippen LogP contribution is -1.97. The first-order chi connectivity index (χ1) is 23.7. The van der Waals surface area contributed by atoms with Gasteiger partial charge in [-0.2, -0.15) is 0 Å². The number of benzene rings is 6. The van der Waals surface area contributed by atoms with Gasteiger partial charge in [-0.3, -0.25) is 9.59 Å². The van der Waals surface area contributed by atoms with Gasteiger partial charge in [0.25, 0.3) is 0 Å². The van der Waals surface area contributed by atoms with E-state index in [1.54, 1.807) is 0 Å². The van der Waals surface area contributed by atoms with Crippen LogP contribution in [-0.2, 0) is 9.59 Å². The number of fused-ring (bicyclic) bond motifs is 7. The van der Waals surface area contributed by atoms with Gasteiger partial charge in [0.2, 0.25) is 10.2 Å². The third-order valence-corrected chi connectivity index (χ3v) is 11.5. The summed E-state index contributed by atoms with van der Waals surface area (Å²) in [5.41, 5.74) is 9.44. The molecule has 0 saturated heterocycles. The van der Waals surface area contributed by atoms with Crippen LogP contribution in [0.4, 0.5) is 0 Å². The fourth-order valence-corrected chi connectivity index (χ4v) is 9.77. The monoisotopic (exact) mass is 652 g/mol. The van der Waals surface area contributed by atoms with Gasteiger partial charge in [-0.05, 0) is 95.3 Å². The molecule has 10 rings (SSSR count). The van der Waals surface area contributed by atoms with E-state index in [2.05, 4.69) is 106 Å². The molecule has 8 aromatic rings. The van der Waals surface area contributed by atoms with Crippen LogP contribution in [-0.4, -0.2) is 19.4 Å². The number of rotatable bonds is 4. The molecule has 48 heavy (non-hydrogen) atoms. The maximum absolute atomic E-state index is 13.8. The summed E-state index contributed by atoms with van der Waals surface area (Å²) in [6.07, 6.45) is 0. The van der Waals surface area contributed by atoms with E-state index in [9.17, 15) is 9.59 Å². The van der Waals surface area contributed by atoms with Crippen LogP contribution in [0.15, 0.2) is 155 Å². The van der Waals surface area contributed by atoms with Gasteiger partial charge in [0.1, 0.15) is 0 Å². The SMILES string of the molecule is O=C1SC2=C(c3ccc4c(c3)c3ccccc3n4-c3ccccc3)C(=O)SC2=C1c1ccc2c(c1)c1ccccc1n2-c1ccccc1. The summed E-state index contributed by atoms with van der Waals surface area (Å²) in [7, 11) is 0. The van der Waals surface area contributed by atoms with Gasteiger partial charge in [-0.15, -0.1) is 0 Å². The van der Waals surface area contributed by atoms with Crippen LogP contribution in [0.5, 0.6) is 0 Å². The first-order valence-corrected chi connectivity index (χ1v) is 17.4. The van der Waals surface area contributed by atoms with E-state index in [4.69, 9.17) is 0 Å². The fraction of sp³-hybridized carbons (Fsp3) is 0. The molecule has 0 unspecified atom stereocenters. The molecule has 6 aromatic carbocycles. The number of aromatic nitrogens is 2. The minimum absolute atomic E-state index is 0.0228. The summed E-state index contributed by atoms with van der Waals surface area (Å²) in [5, 5.41) is 4.35. The van der Waals surface area contributed by atoms with Gasteiger partial charge >= 0.3 is 0 Å². The normalized spacial score (nSPS) is 14.8. The average Bonchev–Trinajstić information content (AvgIpc) is 3.83. The number of hydrogen-bond acceptors (Lipinski definition) is 4. The molecular formula is C42H24N2O2S2. The summed E-state index contributed by atoms with van der Waals surface area (Å²) in [5.74, 6) is 0. The lowest BCUT2D eigenvalue weighted by atomic mass is 10.0. The Hall–Kier alpha value is -5.56. The van der Waals surface area contributed by atoms with Crippen molar-refractivity contribution in [2.75, 3.05) is 0 Å². The summed E-state index contributed by atoms with van der Waals surface area (Å²) >= 11 is 2.37. The van der Waals surface area contributed by atoms with E-state index in [-0.39, 0.29) is 10.2 Å². The molecule has 4 heterocycles. The van der Waals surface area contributed by atoms with E-state index in [1.165, 1.54) is 23.5 Å². The lowest BCUT2D eigenvalue weighted by Gasteiger charge is -2.08. The van der Waals surface area contributed by atoms with Gasteiger partial charge in [0.05, 0.1) is 33.2 Å². The first kappa shape index (κ1) is 27.5. The molecule has 0 radical (unpaired) electrons. The van der Waals surface area contributed by atoms with E-state index in [0.29, 0.717) is 11.1 Å². The first-order valence-electron chi connectivity index (χ1n) is 15.8. The van der Waals surface area contributed by atoms with E-state index < -0.39 is 0 Å². The molecule has 0 N–H and O–H groups in total. The topological polar surface area (TPSA) is 44.0 Å². The smallest absolute Gasteiger partial charge is 0.225 e. The van der Waals surface area contributed by atoms with Crippen LogP contribution in [0, 0.1) is 0 Å². The van der Waals surface area contributed by atoms with E-state index in [0.717, 1.165) is 75.9 Å². The molecule has 0 aliphatic carbocycles. The molecule has 0 fully saturated rings. The Kier molecular flexibility index (Phi) is 6.01. The van der Waals surface area contributed by atoms with E-state index >= 15 is 0 Å². The van der Waals surface area contributed by atoms with Crippen molar-refractivity contribution in [3.63, 3.8) is 0 Å². The Morgan fingerprint density at radius 2 is 0.750 bits per heavy atom. The zero-order chi connectivity index (χ0) is 31.9. The highest BCUT2D eigenvalue weighted by molar-refractivity contribution is 8.25. The minimum Gasteiger partial charge on any atom is -0.309 e. The van der Waals surface area contributed by atoms with Crippen molar-refractivity contribution in [3.8, 4) is 11.4 Å². The zero-order valence-electron chi connectivity index (χ0n) is 25.4. The number of carbonyl (C=O) groups excluding carboxylic acids is 2. The largest absolute Gasteiger partial charge is 0.309 e. The highest BCUT2D eigenvalue weighted by atomic mass is 32.2. The fourth-order valence-electron chi connectivity index (χ4n) is 7.36. The standard InChI is InChI=1S/C42H24N2O2S2/c45-41-37(25-19-21-35-31(23-25)29-15-7-9-17-33(29)43(35)27-11-3-1-4-12-27)39-40(48-41)38(42(46)47-39)26-20-22-36-32(24-26)30-16-8-10-18-34(30)44(36)28-13-5-2-6-14-28/h1-24H. The summed E-state index contributed by atoms with van der Waals surface area (Å²) in [4.78, 5) is 29.1. The van der Waals surface area contributed by atoms with Crippen molar-refractivity contribution in [3.05, 3.63) is 167 Å². The van der Waals surface area contributed by atoms with Gasteiger partial charge in [-0.25, -0.2) is 0 Å². The third kappa shape index (κ3) is 3.93. The van der Waals surface area contributed by atoms with Crippen molar-refractivity contribution in [1.82, 2.24) is 9.13 Å². The Morgan fingerprint density at radius 1 is 0.375 bits per heavy atom. The van der Waals surface area contributed by atoms with Crippen molar-refractivity contribution in [1.29, 1.82) is 0 Å². The Morgan fingerprint density at radius 3 is 1.19 bits per heavy atom. The van der Waals surface area contributed by atoms with Gasteiger partial charge in [0.15, 0.2) is 0 Å². The molecule has 226 valence electrons. The lowest BCUT2D eigenvalue weighted by molar-refractivity contribution is -0.106. The van der Waals surface area contributed by atoms with Gasteiger partial charge in [-0.1, -0.05) is 84.9 Å². The highest BCUT2D eigenvalue weighted by Gasteiger charge is 2.41. The van der Waals surface area contributed by atoms with Crippen LogP contribution in [0.2, 0.25) is 0 Å². The predicted octanol–water partition coefficient (Wildman–Crippen LogP) is 10.5. The molecule has 0 amide bonds. The van der Waals surface area contributed by atoms with Gasteiger partial charge in [0, 0.05) is 42.7 Å². The Balaban J connectivity index is 1.14. The van der Waals surface area contributed by atoms with Crippen LogP contribution < -0.4 is 0 Å². The molecule has 0 atom stereocenters. The van der Waals surface area contributed by atoms with Crippen molar-refractivity contribution in [2.24, 2.45) is 0 Å². The zero-order valence-corrected chi connectivity index (χ0v) is 27.0. The minimum atomic E-state index is -0.0228. The average molecular weight is 653 g/mol. The van der Waals surface area contributed by atoms with Crippen LogP contribution in [0.25, 0.3) is 66.1 Å². The molecule has 0 spiro atoms. The molecule has 2 aliphatic heterocycles. The molecular weight excluding hydrogens is 629 g/mol. The predicted molar refractivity (Wildman–Crippen MR) is 201 cm³/mol. The number of thioether (sulfide) groups is 2. The van der Waals surface area contributed by atoms with Crippen molar-refractivity contribution in [2.45, 2.75) is 0 Å². The summed E-state index contributed by atoms with van der Waals surface area (Å²) in [6.45, 7) is 0. The summed E-state index contributed by atoms with van der Waals surface area (Å²) < 4.78 is 4.53. The Labute approximate surface area is 284 Å². The highest BCUT2D eigenvalue weighted by Crippen LogP contribution is 2.57. The molecule has 4 nitrogen and oxygen atoms in total. The second kappa shape index (κ2) is 10.5. The maximum Gasteiger partial charge on any atom is 0.225 e. The molecule has 2 aliphatic rings. The second-order valence-electron chi connectivity index (χ2n) is 12.0. The second-order valence-corrected chi connectivity index (χ2v) is 14.0. The maximum atomic E-state index is 13.8. The van der Waals surface area contributed by atoms with E-state index in [1.807, 2.05) is 48.5 Å². The molecule has 6 heteroatoms. The molecule has 0 saturated carbocycles. The number of nitrogens with zero attached hydrogens (tertiary/aromatic N) is 2. The number of para-hydroxylation sites is 4. The van der Waals surface area contributed by atoms with Crippen LogP contribution in [0.3, 0.4) is 0 Å². The Bertz CT molecular complexity index is 2560. The molecule has 2 aromatic heterocycles. The number of carbonyl (C=O) groups is 2. The third-order valence-electron chi connectivity index (χ3n) is 9.41. The summed E-state index contributed by atoms with van der Waals surface area (Å²) in [6, 6.07) is 49.9. The number of hydrogen-bond donors (Lipinski definition) is 0. The van der Waals surface area contributed by atoms with Crippen molar-refractivity contribution >= 4 is 88.5 Å². The van der Waals surface area contributed by atoms with Crippen molar-refractivity contribution < 1.29 is 9.59 Å². The molecule has 0 bridgehead atoms. The van der Waals surface area contributed by atoms with Crippen LogP contribution >= 0.6 is 23.5 Å².